The quantitative estimate of drug-likeness (QED) is 0.928. The number of piperidine rings is 1. The first-order chi connectivity index (χ1) is 12.0. The van der Waals surface area contributed by atoms with Gasteiger partial charge in [-0.1, -0.05) is 6.07 Å². The number of aliphatic hydroxyl groups is 1. The van der Waals surface area contributed by atoms with Gasteiger partial charge in [0.05, 0.1) is 7.11 Å². The van der Waals surface area contributed by atoms with Gasteiger partial charge in [0, 0.05) is 49.9 Å². The number of aromatic nitrogens is 2. The van der Waals surface area contributed by atoms with Gasteiger partial charge in [-0.3, -0.25) is 4.79 Å². The third-order valence-electron chi connectivity index (χ3n) is 5.56. The lowest BCUT2D eigenvalue weighted by molar-refractivity contribution is -0.0555. The molecule has 6 nitrogen and oxygen atoms in total. The molecule has 2 saturated heterocycles. The highest BCUT2D eigenvalue weighted by molar-refractivity contribution is 5.95. The fourth-order valence-electron chi connectivity index (χ4n) is 4.46. The van der Waals surface area contributed by atoms with Crippen molar-refractivity contribution in [3.63, 3.8) is 0 Å². The Morgan fingerprint density at radius 2 is 2.04 bits per heavy atom. The molecule has 2 aliphatic rings. The van der Waals surface area contributed by atoms with Crippen molar-refractivity contribution in [2.75, 3.05) is 7.11 Å². The molecule has 3 heterocycles. The van der Waals surface area contributed by atoms with Gasteiger partial charge >= 0.3 is 0 Å². The molecule has 2 aromatic rings. The Morgan fingerprint density at radius 3 is 2.64 bits per heavy atom. The Balaban J connectivity index is 1.60. The van der Waals surface area contributed by atoms with E-state index in [4.69, 9.17) is 4.74 Å². The number of fused-ring (bicyclic) bond motifs is 2. The maximum atomic E-state index is 13.1. The molecule has 1 aromatic carbocycles. The molecule has 2 bridgehead atoms. The van der Waals surface area contributed by atoms with Crippen LogP contribution in [0, 0.1) is 0 Å². The smallest absolute Gasteiger partial charge is 0.254 e. The fraction of sp³-hybridized carbons (Fsp3) is 0.474. The van der Waals surface area contributed by atoms with E-state index >= 15 is 0 Å². The van der Waals surface area contributed by atoms with Gasteiger partial charge in [-0.05, 0) is 31.0 Å². The molecular formula is C19H23N3O3. The lowest BCUT2D eigenvalue weighted by atomic mass is 9.85. The molecule has 6 heteroatoms. The summed E-state index contributed by atoms with van der Waals surface area (Å²) in [6.45, 7) is 0. The Bertz CT molecular complexity index is 787. The lowest BCUT2D eigenvalue weighted by Crippen LogP contribution is -2.52. The van der Waals surface area contributed by atoms with Crippen molar-refractivity contribution in [3.05, 3.63) is 48.0 Å². The van der Waals surface area contributed by atoms with E-state index in [1.54, 1.807) is 19.4 Å². The maximum Gasteiger partial charge on any atom is 0.254 e. The molecule has 132 valence electrons. The van der Waals surface area contributed by atoms with Crippen molar-refractivity contribution in [2.45, 2.75) is 43.4 Å². The minimum Gasteiger partial charge on any atom is -0.497 e. The topological polar surface area (TPSA) is 67.6 Å². The van der Waals surface area contributed by atoms with Crippen LogP contribution in [-0.4, -0.2) is 44.7 Å². The summed E-state index contributed by atoms with van der Waals surface area (Å²) in [5, 5.41) is 11.2. The van der Waals surface area contributed by atoms with Crippen molar-refractivity contribution in [1.29, 1.82) is 0 Å². The summed E-state index contributed by atoms with van der Waals surface area (Å²) in [5.41, 5.74) is -0.325. The normalized spacial score (nSPS) is 28.2. The molecule has 0 saturated carbocycles. The van der Waals surface area contributed by atoms with Gasteiger partial charge in [0.1, 0.15) is 17.2 Å². The predicted octanol–water partition coefficient (Wildman–Crippen LogP) is 2.08. The Morgan fingerprint density at radius 1 is 1.32 bits per heavy atom. The second kappa shape index (κ2) is 5.88. The fourth-order valence-corrected chi connectivity index (χ4v) is 4.46. The highest BCUT2D eigenvalue weighted by Crippen LogP contribution is 2.45. The number of carbonyl (C=O) groups excluding carboxylic acids is 1. The van der Waals surface area contributed by atoms with Crippen molar-refractivity contribution in [2.24, 2.45) is 7.05 Å². The number of imidazole rings is 1. The molecule has 0 radical (unpaired) electrons. The van der Waals surface area contributed by atoms with E-state index in [1.807, 2.05) is 40.9 Å². The number of hydrogen-bond acceptors (Lipinski definition) is 4. The number of benzene rings is 1. The summed E-state index contributed by atoms with van der Waals surface area (Å²) in [4.78, 5) is 19.4. The average molecular weight is 341 g/mol. The lowest BCUT2D eigenvalue weighted by Gasteiger charge is -2.43. The molecule has 0 unspecified atom stereocenters. The minimum atomic E-state index is -0.963. The monoisotopic (exact) mass is 341 g/mol. The molecule has 0 aliphatic carbocycles. The first-order valence-corrected chi connectivity index (χ1v) is 8.69. The van der Waals surface area contributed by atoms with Crippen LogP contribution in [0.4, 0.5) is 0 Å². The Kier molecular flexibility index (Phi) is 3.80. The summed E-state index contributed by atoms with van der Waals surface area (Å²) < 4.78 is 7.11. The van der Waals surface area contributed by atoms with Crippen LogP contribution in [-0.2, 0) is 12.6 Å². The number of aryl methyl sites for hydroxylation is 1. The van der Waals surface area contributed by atoms with E-state index in [1.165, 1.54) is 0 Å². The van der Waals surface area contributed by atoms with E-state index in [0.717, 1.165) is 12.8 Å². The molecular weight excluding hydrogens is 318 g/mol. The van der Waals surface area contributed by atoms with E-state index < -0.39 is 5.60 Å². The van der Waals surface area contributed by atoms with Gasteiger partial charge in [0.25, 0.3) is 5.91 Å². The molecule has 2 fully saturated rings. The summed E-state index contributed by atoms with van der Waals surface area (Å²) in [6.07, 6.45) is 6.47. The van der Waals surface area contributed by atoms with Crippen LogP contribution >= 0.6 is 0 Å². The van der Waals surface area contributed by atoms with Gasteiger partial charge in [0.2, 0.25) is 0 Å². The van der Waals surface area contributed by atoms with Gasteiger partial charge in [-0.15, -0.1) is 0 Å². The molecule has 1 N–H and O–H groups in total. The van der Waals surface area contributed by atoms with Crippen molar-refractivity contribution < 1.29 is 14.6 Å². The van der Waals surface area contributed by atoms with E-state index in [9.17, 15) is 9.90 Å². The standard InChI is InChI=1S/C19H23N3O3/c1-21-9-8-20-18(21)19(24)11-14-6-7-15(12-19)22(14)17(23)13-4-3-5-16(10-13)25-2/h3-5,8-10,14-15,24H,6-7,11-12H2,1-2H3/t14-,15-/m1/s1. The number of rotatable bonds is 3. The maximum absolute atomic E-state index is 13.1. The second-order valence-corrected chi connectivity index (χ2v) is 7.13. The highest BCUT2D eigenvalue weighted by Gasteiger charge is 2.51. The van der Waals surface area contributed by atoms with Crippen molar-refractivity contribution in [3.8, 4) is 5.75 Å². The molecule has 4 rings (SSSR count). The molecule has 2 aliphatic heterocycles. The summed E-state index contributed by atoms with van der Waals surface area (Å²) >= 11 is 0. The first-order valence-electron chi connectivity index (χ1n) is 8.69. The number of carbonyl (C=O) groups is 1. The SMILES string of the molecule is COc1cccc(C(=O)N2[C@@H]3CC[C@@H]2CC(O)(c2nccn2C)C3)c1. The third kappa shape index (κ3) is 2.61. The number of ether oxygens (including phenoxy) is 1. The van der Waals surface area contributed by atoms with Crippen LogP contribution in [0.3, 0.4) is 0 Å². The van der Waals surface area contributed by atoms with Gasteiger partial charge < -0.3 is 19.3 Å². The van der Waals surface area contributed by atoms with Gasteiger partial charge in [-0.25, -0.2) is 4.98 Å². The van der Waals surface area contributed by atoms with E-state index in [-0.39, 0.29) is 18.0 Å². The summed E-state index contributed by atoms with van der Waals surface area (Å²) in [7, 11) is 3.50. The molecule has 1 aromatic heterocycles. The number of amides is 1. The largest absolute Gasteiger partial charge is 0.497 e. The zero-order valence-corrected chi connectivity index (χ0v) is 14.6. The van der Waals surface area contributed by atoms with E-state index in [2.05, 4.69) is 4.98 Å². The predicted molar refractivity (Wildman–Crippen MR) is 92.3 cm³/mol. The zero-order chi connectivity index (χ0) is 17.6. The zero-order valence-electron chi connectivity index (χ0n) is 14.6. The summed E-state index contributed by atoms with van der Waals surface area (Å²) in [6, 6.07) is 7.35. The van der Waals surface area contributed by atoms with Crippen LogP contribution < -0.4 is 4.74 Å². The molecule has 1 amide bonds. The molecule has 2 atom stereocenters. The number of nitrogens with zero attached hydrogens (tertiary/aromatic N) is 3. The van der Waals surface area contributed by atoms with Crippen LogP contribution in [0.5, 0.6) is 5.75 Å². The number of methoxy groups -OCH3 is 1. The van der Waals surface area contributed by atoms with E-state index in [0.29, 0.717) is 30.0 Å². The summed E-state index contributed by atoms with van der Waals surface area (Å²) in [5.74, 6) is 1.39. The third-order valence-corrected chi connectivity index (χ3v) is 5.56. The van der Waals surface area contributed by atoms with Gasteiger partial charge in [-0.2, -0.15) is 0 Å². The highest BCUT2D eigenvalue weighted by atomic mass is 16.5. The Hall–Kier alpha value is -2.34. The Labute approximate surface area is 147 Å². The minimum absolute atomic E-state index is 0.0216. The van der Waals surface area contributed by atoms with Gasteiger partial charge in [0.15, 0.2) is 0 Å². The van der Waals surface area contributed by atoms with Crippen molar-refractivity contribution >= 4 is 5.91 Å². The van der Waals surface area contributed by atoms with Crippen LogP contribution in [0.1, 0.15) is 41.9 Å². The first kappa shape index (κ1) is 16.1. The molecule has 25 heavy (non-hydrogen) atoms. The van der Waals surface area contributed by atoms with Crippen LogP contribution in [0.15, 0.2) is 36.7 Å². The molecule has 0 spiro atoms. The van der Waals surface area contributed by atoms with Crippen molar-refractivity contribution in [1.82, 2.24) is 14.5 Å². The second-order valence-electron chi connectivity index (χ2n) is 7.13. The van der Waals surface area contributed by atoms with Crippen LogP contribution in [0.2, 0.25) is 0 Å². The van der Waals surface area contributed by atoms with Crippen LogP contribution in [0.25, 0.3) is 0 Å². The number of hydrogen-bond donors (Lipinski definition) is 1. The average Bonchev–Trinajstić information content (AvgIpc) is 3.17.